The Morgan fingerprint density at radius 3 is 2.89 bits per heavy atom. The molecule has 0 spiro atoms. The monoisotopic (exact) mass is 253 g/mol. The molecule has 0 saturated carbocycles. The number of hydrogen-bond donors (Lipinski definition) is 3. The minimum atomic E-state index is -0.104. The molecule has 1 aromatic heterocycles. The van der Waals surface area contributed by atoms with Crippen molar-refractivity contribution in [3.05, 3.63) is 6.33 Å². The van der Waals surface area contributed by atoms with Gasteiger partial charge in [-0.1, -0.05) is 6.92 Å². The number of ether oxygens (including phenoxy) is 1. The van der Waals surface area contributed by atoms with E-state index >= 15 is 0 Å². The molecule has 7 heteroatoms. The molecular formula is C11H19N5O2. The topological polar surface area (TPSA) is 102 Å². The van der Waals surface area contributed by atoms with E-state index in [2.05, 4.69) is 20.6 Å². The normalized spacial score (nSPS) is 9.89. The summed E-state index contributed by atoms with van der Waals surface area (Å²) in [7, 11) is 0. The number of nitrogens with zero attached hydrogens (tertiary/aromatic N) is 2. The number of aromatic nitrogens is 2. The summed E-state index contributed by atoms with van der Waals surface area (Å²) in [5.41, 5.74) is 6.12. The molecule has 1 rings (SSSR count). The lowest BCUT2D eigenvalue weighted by Crippen LogP contribution is -2.30. The van der Waals surface area contributed by atoms with Gasteiger partial charge < -0.3 is 21.1 Å². The van der Waals surface area contributed by atoms with Gasteiger partial charge in [0.05, 0.1) is 13.2 Å². The Morgan fingerprint density at radius 2 is 2.22 bits per heavy atom. The van der Waals surface area contributed by atoms with Gasteiger partial charge in [0.2, 0.25) is 11.8 Å². The third kappa shape index (κ3) is 4.08. The molecule has 0 aliphatic heterocycles. The van der Waals surface area contributed by atoms with Crippen LogP contribution in [-0.2, 0) is 4.79 Å². The van der Waals surface area contributed by atoms with Gasteiger partial charge in [-0.2, -0.15) is 4.98 Å². The summed E-state index contributed by atoms with van der Waals surface area (Å²) >= 11 is 0. The molecular weight excluding hydrogens is 234 g/mol. The molecule has 0 bridgehead atoms. The smallest absolute Gasteiger partial charge is 0.242 e. The van der Waals surface area contributed by atoms with Gasteiger partial charge in [-0.3, -0.25) is 4.79 Å². The largest absolute Gasteiger partial charge is 0.476 e. The zero-order chi connectivity index (χ0) is 13.4. The van der Waals surface area contributed by atoms with Crippen molar-refractivity contribution >= 4 is 17.4 Å². The average Bonchev–Trinajstić information content (AvgIpc) is 2.37. The number of nitrogens with two attached hydrogens (primary N) is 1. The Hall–Kier alpha value is -2.05. The average molecular weight is 253 g/mol. The highest BCUT2D eigenvalue weighted by Gasteiger charge is 2.09. The number of carbonyl (C=O) groups excluding carboxylic acids is 1. The maximum absolute atomic E-state index is 11.4. The Morgan fingerprint density at radius 1 is 1.44 bits per heavy atom. The van der Waals surface area contributed by atoms with Crippen molar-refractivity contribution in [3.8, 4) is 5.88 Å². The lowest BCUT2D eigenvalue weighted by molar-refractivity contribution is -0.119. The van der Waals surface area contributed by atoms with Crippen LogP contribution in [0, 0.1) is 0 Å². The van der Waals surface area contributed by atoms with Crippen LogP contribution in [0.25, 0.3) is 0 Å². The molecule has 100 valence electrons. The first-order chi connectivity index (χ1) is 8.69. The van der Waals surface area contributed by atoms with Gasteiger partial charge in [0.1, 0.15) is 12.0 Å². The summed E-state index contributed by atoms with van der Waals surface area (Å²) in [6.45, 7) is 5.08. The number of rotatable bonds is 7. The fourth-order valence-corrected chi connectivity index (χ4v) is 1.26. The van der Waals surface area contributed by atoms with Gasteiger partial charge in [-0.15, -0.1) is 0 Å². The standard InChI is InChI=1S/C11H19N5O2/c1-3-5-13-8(17)6-14-10-9(12)11(18-4-2)16-7-15-10/h7H,3-6,12H2,1-2H3,(H,13,17)(H,14,15,16). The first-order valence-corrected chi connectivity index (χ1v) is 5.92. The second kappa shape index (κ2) is 7.31. The number of carbonyl (C=O) groups is 1. The lowest BCUT2D eigenvalue weighted by atomic mass is 10.4. The summed E-state index contributed by atoms with van der Waals surface area (Å²) in [6, 6.07) is 0. The van der Waals surface area contributed by atoms with Crippen molar-refractivity contribution in [3.63, 3.8) is 0 Å². The molecule has 0 unspecified atom stereocenters. The molecule has 0 aliphatic rings. The zero-order valence-corrected chi connectivity index (χ0v) is 10.7. The van der Waals surface area contributed by atoms with Gasteiger partial charge in [0.25, 0.3) is 0 Å². The third-order valence-electron chi connectivity index (χ3n) is 2.12. The van der Waals surface area contributed by atoms with Crippen LogP contribution in [0.15, 0.2) is 6.33 Å². The van der Waals surface area contributed by atoms with E-state index in [0.717, 1.165) is 6.42 Å². The first kappa shape index (κ1) is 14.0. The van der Waals surface area contributed by atoms with Gasteiger partial charge in [-0.05, 0) is 13.3 Å². The predicted molar refractivity (Wildman–Crippen MR) is 69.4 cm³/mol. The summed E-state index contributed by atoms with van der Waals surface area (Å²) in [4.78, 5) is 19.3. The Bertz CT molecular complexity index is 397. The van der Waals surface area contributed by atoms with Crippen molar-refractivity contribution < 1.29 is 9.53 Å². The second-order valence-electron chi connectivity index (χ2n) is 3.58. The molecule has 0 saturated heterocycles. The number of anilines is 2. The van der Waals surface area contributed by atoms with E-state index in [-0.39, 0.29) is 12.5 Å². The van der Waals surface area contributed by atoms with Crippen LogP contribution in [0.4, 0.5) is 11.5 Å². The molecule has 1 aromatic rings. The Balaban J connectivity index is 2.56. The molecule has 0 aromatic carbocycles. The maximum atomic E-state index is 11.4. The van der Waals surface area contributed by atoms with Crippen LogP contribution < -0.4 is 21.1 Å². The molecule has 0 fully saturated rings. The summed E-state index contributed by atoms with van der Waals surface area (Å²) < 4.78 is 5.23. The molecule has 4 N–H and O–H groups in total. The van der Waals surface area contributed by atoms with Crippen LogP contribution in [0.5, 0.6) is 5.88 Å². The highest BCUT2D eigenvalue weighted by molar-refractivity contribution is 5.81. The van der Waals surface area contributed by atoms with Crippen molar-refractivity contribution in [1.82, 2.24) is 15.3 Å². The molecule has 0 atom stereocenters. The summed E-state index contributed by atoms with van der Waals surface area (Å²) in [5, 5.41) is 5.60. The predicted octanol–water partition coefficient (Wildman–Crippen LogP) is 0.396. The zero-order valence-electron chi connectivity index (χ0n) is 10.7. The minimum Gasteiger partial charge on any atom is -0.476 e. The molecule has 0 radical (unpaired) electrons. The van der Waals surface area contributed by atoms with E-state index < -0.39 is 0 Å². The van der Waals surface area contributed by atoms with E-state index in [0.29, 0.717) is 30.5 Å². The fraction of sp³-hybridized carbons (Fsp3) is 0.545. The van der Waals surface area contributed by atoms with Crippen molar-refractivity contribution in [2.75, 3.05) is 30.7 Å². The van der Waals surface area contributed by atoms with E-state index in [1.165, 1.54) is 6.33 Å². The highest BCUT2D eigenvalue weighted by atomic mass is 16.5. The fourth-order valence-electron chi connectivity index (χ4n) is 1.26. The van der Waals surface area contributed by atoms with E-state index in [1.54, 1.807) is 0 Å². The third-order valence-corrected chi connectivity index (χ3v) is 2.12. The maximum Gasteiger partial charge on any atom is 0.242 e. The van der Waals surface area contributed by atoms with Crippen LogP contribution in [0.3, 0.4) is 0 Å². The van der Waals surface area contributed by atoms with E-state index in [4.69, 9.17) is 10.5 Å². The van der Waals surface area contributed by atoms with Gasteiger partial charge in [0.15, 0.2) is 5.82 Å². The first-order valence-electron chi connectivity index (χ1n) is 5.92. The SMILES string of the molecule is CCCNC(=O)CNc1ncnc(OCC)c1N. The van der Waals surface area contributed by atoms with Gasteiger partial charge in [-0.25, -0.2) is 4.98 Å². The van der Waals surface area contributed by atoms with Crippen LogP contribution in [0.2, 0.25) is 0 Å². The molecule has 0 aliphatic carbocycles. The van der Waals surface area contributed by atoms with E-state index in [1.807, 2.05) is 13.8 Å². The quantitative estimate of drug-likeness (QED) is 0.650. The van der Waals surface area contributed by atoms with Crippen LogP contribution >= 0.6 is 0 Å². The Kier molecular flexibility index (Phi) is 5.69. The number of nitrogen functional groups attached to an aromatic ring is 1. The number of amides is 1. The summed E-state index contributed by atoms with van der Waals surface area (Å²) in [5.74, 6) is 0.622. The second-order valence-corrected chi connectivity index (χ2v) is 3.58. The lowest BCUT2D eigenvalue weighted by Gasteiger charge is -2.10. The van der Waals surface area contributed by atoms with Gasteiger partial charge >= 0.3 is 0 Å². The van der Waals surface area contributed by atoms with Crippen LogP contribution in [-0.4, -0.2) is 35.6 Å². The highest BCUT2D eigenvalue weighted by Crippen LogP contribution is 2.23. The number of hydrogen-bond acceptors (Lipinski definition) is 6. The van der Waals surface area contributed by atoms with E-state index in [9.17, 15) is 4.79 Å². The Labute approximate surface area is 106 Å². The van der Waals surface area contributed by atoms with Crippen molar-refractivity contribution in [1.29, 1.82) is 0 Å². The molecule has 7 nitrogen and oxygen atoms in total. The van der Waals surface area contributed by atoms with Crippen LogP contribution in [0.1, 0.15) is 20.3 Å². The molecule has 18 heavy (non-hydrogen) atoms. The molecule has 1 heterocycles. The van der Waals surface area contributed by atoms with Gasteiger partial charge in [0, 0.05) is 6.54 Å². The minimum absolute atomic E-state index is 0.104. The molecule has 1 amide bonds. The van der Waals surface area contributed by atoms with Crippen molar-refractivity contribution in [2.24, 2.45) is 0 Å². The van der Waals surface area contributed by atoms with Crippen molar-refractivity contribution in [2.45, 2.75) is 20.3 Å². The summed E-state index contributed by atoms with van der Waals surface area (Å²) in [6.07, 6.45) is 2.24. The number of nitrogens with one attached hydrogen (secondary N) is 2.